The van der Waals surface area contributed by atoms with E-state index in [1.54, 1.807) is 31.4 Å². The molecule has 6 nitrogen and oxygen atoms in total. The van der Waals surface area contributed by atoms with Crippen molar-refractivity contribution in [1.29, 1.82) is 0 Å². The van der Waals surface area contributed by atoms with Crippen LogP contribution in [0.15, 0.2) is 29.3 Å². The van der Waals surface area contributed by atoms with E-state index in [1.165, 1.54) is 0 Å². The fourth-order valence-corrected chi connectivity index (χ4v) is 1.83. The normalized spacial score (nSPS) is 10.6. The van der Waals surface area contributed by atoms with Crippen molar-refractivity contribution in [3.63, 3.8) is 0 Å². The van der Waals surface area contributed by atoms with Crippen LogP contribution in [0.2, 0.25) is 0 Å². The summed E-state index contributed by atoms with van der Waals surface area (Å²) in [4.78, 5) is 18.1. The number of benzene rings is 1. The van der Waals surface area contributed by atoms with Gasteiger partial charge in [-0.2, -0.15) is 0 Å². The van der Waals surface area contributed by atoms with Crippen LogP contribution in [0.25, 0.3) is 0 Å². The number of nitrogens with one attached hydrogen (secondary N) is 1. The monoisotopic (exact) mass is 420 g/mol. The SMILES string of the molecule is CCN(CC)C(N)=NCCNC(=O)c1ccc(OC)cc1.I. The van der Waals surface area contributed by atoms with Crippen molar-refractivity contribution in [2.45, 2.75) is 13.8 Å². The van der Waals surface area contributed by atoms with Crippen molar-refractivity contribution in [2.24, 2.45) is 10.7 Å². The first kappa shape index (κ1) is 20.5. The summed E-state index contributed by atoms with van der Waals surface area (Å²) >= 11 is 0. The van der Waals surface area contributed by atoms with E-state index in [9.17, 15) is 4.79 Å². The molecule has 0 heterocycles. The number of nitrogens with two attached hydrogens (primary N) is 1. The van der Waals surface area contributed by atoms with Crippen LogP contribution in [0.1, 0.15) is 24.2 Å². The van der Waals surface area contributed by atoms with Crippen LogP contribution in [0.5, 0.6) is 5.75 Å². The van der Waals surface area contributed by atoms with E-state index >= 15 is 0 Å². The second-order valence-electron chi connectivity index (χ2n) is 4.40. The molecule has 0 aliphatic heterocycles. The van der Waals surface area contributed by atoms with E-state index in [2.05, 4.69) is 10.3 Å². The number of guanidine groups is 1. The molecule has 0 atom stereocenters. The van der Waals surface area contributed by atoms with E-state index in [0.29, 0.717) is 24.6 Å². The fourth-order valence-electron chi connectivity index (χ4n) is 1.83. The number of aliphatic imine (C=N–C) groups is 1. The second-order valence-corrected chi connectivity index (χ2v) is 4.40. The topological polar surface area (TPSA) is 80.0 Å². The smallest absolute Gasteiger partial charge is 0.251 e. The highest BCUT2D eigenvalue weighted by molar-refractivity contribution is 14.0. The Bertz CT molecular complexity index is 473. The van der Waals surface area contributed by atoms with Crippen LogP contribution < -0.4 is 15.8 Å². The summed E-state index contributed by atoms with van der Waals surface area (Å²) in [7, 11) is 1.59. The molecular formula is C15H25IN4O2. The molecule has 1 aromatic rings. The predicted molar refractivity (Wildman–Crippen MR) is 100 cm³/mol. The lowest BCUT2D eigenvalue weighted by atomic mass is 10.2. The average molecular weight is 420 g/mol. The summed E-state index contributed by atoms with van der Waals surface area (Å²) in [5.41, 5.74) is 6.44. The lowest BCUT2D eigenvalue weighted by Gasteiger charge is -2.19. The minimum Gasteiger partial charge on any atom is -0.497 e. The maximum Gasteiger partial charge on any atom is 0.251 e. The maximum absolute atomic E-state index is 11.9. The number of hydrogen-bond acceptors (Lipinski definition) is 3. The zero-order valence-corrected chi connectivity index (χ0v) is 15.7. The van der Waals surface area contributed by atoms with Crippen LogP contribution in [0, 0.1) is 0 Å². The maximum atomic E-state index is 11.9. The highest BCUT2D eigenvalue weighted by Gasteiger charge is 2.05. The molecule has 124 valence electrons. The van der Waals surface area contributed by atoms with Gasteiger partial charge in [-0.15, -0.1) is 24.0 Å². The largest absolute Gasteiger partial charge is 0.497 e. The fraction of sp³-hybridized carbons (Fsp3) is 0.467. The number of nitrogens with zero attached hydrogens (tertiary/aromatic N) is 2. The van der Waals surface area contributed by atoms with Crippen molar-refractivity contribution in [3.05, 3.63) is 29.8 Å². The van der Waals surface area contributed by atoms with Gasteiger partial charge >= 0.3 is 0 Å². The lowest BCUT2D eigenvalue weighted by Crippen LogP contribution is -2.37. The van der Waals surface area contributed by atoms with Crippen LogP contribution in [0.4, 0.5) is 0 Å². The number of hydrogen-bond donors (Lipinski definition) is 2. The molecule has 0 bridgehead atoms. The molecular weight excluding hydrogens is 395 g/mol. The molecule has 1 aromatic carbocycles. The van der Waals surface area contributed by atoms with E-state index in [1.807, 2.05) is 18.7 Å². The zero-order valence-electron chi connectivity index (χ0n) is 13.3. The quantitative estimate of drug-likeness (QED) is 0.305. The number of halogens is 1. The van der Waals surface area contributed by atoms with Crippen LogP contribution >= 0.6 is 24.0 Å². The summed E-state index contributed by atoms with van der Waals surface area (Å²) in [6.07, 6.45) is 0. The molecule has 1 rings (SSSR count). The van der Waals surface area contributed by atoms with E-state index < -0.39 is 0 Å². The Morgan fingerprint density at radius 1 is 1.27 bits per heavy atom. The summed E-state index contributed by atoms with van der Waals surface area (Å²) in [5.74, 6) is 1.11. The molecule has 7 heteroatoms. The lowest BCUT2D eigenvalue weighted by molar-refractivity contribution is 0.0954. The Kier molecular flexibility index (Phi) is 10.3. The van der Waals surface area contributed by atoms with Crippen molar-refractivity contribution in [2.75, 3.05) is 33.3 Å². The third-order valence-corrected chi connectivity index (χ3v) is 3.11. The van der Waals surface area contributed by atoms with Gasteiger partial charge in [0.2, 0.25) is 0 Å². The predicted octanol–water partition coefficient (Wildman–Crippen LogP) is 1.70. The minimum absolute atomic E-state index is 0. The molecule has 0 saturated carbocycles. The second kappa shape index (κ2) is 11.1. The molecule has 0 aliphatic rings. The van der Waals surface area contributed by atoms with E-state index in [0.717, 1.165) is 18.8 Å². The van der Waals surface area contributed by atoms with Gasteiger partial charge in [-0.25, -0.2) is 0 Å². The molecule has 22 heavy (non-hydrogen) atoms. The molecule has 0 radical (unpaired) electrons. The first-order chi connectivity index (χ1) is 10.1. The van der Waals surface area contributed by atoms with Gasteiger partial charge in [-0.1, -0.05) is 0 Å². The number of carbonyl (C=O) groups excluding carboxylic acids is 1. The van der Waals surface area contributed by atoms with Crippen molar-refractivity contribution >= 4 is 35.8 Å². The molecule has 0 spiro atoms. The molecule has 1 amide bonds. The Morgan fingerprint density at radius 2 is 1.86 bits per heavy atom. The van der Waals surface area contributed by atoms with Gasteiger partial charge < -0.3 is 20.7 Å². The Balaban J connectivity index is 0.00000441. The zero-order chi connectivity index (χ0) is 15.7. The summed E-state index contributed by atoms with van der Waals surface area (Å²) in [5, 5.41) is 2.81. The molecule has 3 N–H and O–H groups in total. The van der Waals surface area contributed by atoms with Crippen molar-refractivity contribution < 1.29 is 9.53 Å². The third kappa shape index (κ3) is 6.50. The number of rotatable bonds is 7. The summed E-state index contributed by atoms with van der Waals surface area (Å²) < 4.78 is 5.05. The van der Waals surface area contributed by atoms with Crippen molar-refractivity contribution in [3.8, 4) is 5.75 Å². The average Bonchev–Trinajstić information content (AvgIpc) is 2.52. The molecule has 0 saturated heterocycles. The number of amides is 1. The van der Waals surface area contributed by atoms with Gasteiger partial charge in [-0.05, 0) is 38.1 Å². The van der Waals surface area contributed by atoms with Crippen LogP contribution in [-0.4, -0.2) is 50.1 Å². The first-order valence-corrected chi connectivity index (χ1v) is 7.09. The molecule has 0 fully saturated rings. The molecule has 0 aromatic heterocycles. The highest BCUT2D eigenvalue weighted by atomic mass is 127. The Morgan fingerprint density at radius 3 is 2.36 bits per heavy atom. The van der Waals surface area contributed by atoms with E-state index in [-0.39, 0.29) is 29.9 Å². The van der Waals surface area contributed by atoms with Gasteiger partial charge in [0, 0.05) is 25.2 Å². The third-order valence-electron chi connectivity index (χ3n) is 3.11. The standard InChI is InChI=1S/C15H24N4O2.HI/c1-4-19(5-2)15(16)18-11-10-17-14(20)12-6-8-13(21-3)9-7-12;/h6-9H,4-5,10-11H2,1-3H3,(H2,16,18)(H,17,20);1H. The van der Waals surface area contributed by atoms with Crippen molar-refractivity contribution in [1.82, 2.24) is 10.2 Å². The van der Waals surface area contributed by atoms with Gasteiger partial charge in [-0.3, -0.25) is 9.79 Å². The van der Waals surface area contributed by atoms with Crippen LogP contribution in [-0.2, 0) is 0 Å². The summed E-state index contributed by atoms with van der Waals surface area (Å²) in [6.45, 7) is 6.61. The molecule has 0 aliphatic carbocycles. The molecule has 0 unspecified atom stereocenters. The van der Waals surface area contributed by atoms with Gasteiger partial charge in [0.25, 0.3) is 5.91 Å². The number of methoxy groups -OCH3 is 1. The highest BCUT2D eigenvalue weighted by Crippen LogP contribution is 2.10. The summed E-state index contributed by atoms with van der Waals surface area (Å²) in [6, 6.07) is 6.96. The van der Waals surface area contributed by atoms with Gasteiger partial charge in [0.05, 0.1) is 13.7 Å². The van der Waals surface area contributed by atoms with Gasteiger partial charge in [0.1, 0.15) is 5.75 Å². The number of carbonyl (C=O) groups is 1. The first-order valence-electron chi connectivity index (χ1n) is 7.09. The Hall–Kier alpha value is -1.51. The van der Waals surface area contributed by atoms with Crippen LogP contribution in [0.3, 0.4) is 0 Å². The Labute approximate surface area is 149 Å². The van der Waals surface area contributed by atoms with Gasteiger partial charge in [0.15, 0.2) is 5.96 Å². The van der Waals surface area contributed by atoms with E-state index in [4.69, 9.17) is 10.5 Å². The number of ether oxygens (including phenoxy) is 1. The minimum atomic E-state index is -0.130.